The third kappa shape index (κ3) is 2.20. The van der Waals surface area contributed by atoms with Crippen LogP contribution in [0.5, 0.6) is 0 Å². The topological polar surface area (TPSA) is 84.2 Å². The molecular weight excluding hydrogens is 206 g/mol. The lowest BCUT2D eigenvalue weighted by Gasteiger charge is -2.03. The highest BCUT2D eigenvalue weighted by Crippen LogP contribution is 2.24. The van der Waals surface area contributed by atoms with E-state index in [9.17, 15) is 9.59 Å². The van der Waals surface area contributed by atoms with Gasteiger partial charge in [-0.15, -0.1) is 0 Å². The zero-order valence-corrected chi connectivity index (χ0v) is 8.75. The Kier molecular flexibility index (Phi) is 2.87. The van der Waals surface area contributed by atoms with Crippen molar-refractivity contribution in [2.45, 2.75) is 19.3 Å². The number of anilines is 1. The number of aryl methyl sites for hydroxylation is 1. The van der Waals surface area contributed by atoms with Crippen LogP contribution >= 0.6 is 0 Å². The van der Waals surface area contributed by atoms with Crippen molar-refractivity contribution in [1.29, 1.82) is 0 Å². The molecule has 5 nitrogen and oxygen atoms in total. The third-order valence-electron chi connectivity index (χ3n) is 2.60. The minimum absolute atomic E-state index is 0.0202. The average molecular weight is 219 g/mol. The molecule has 1 aliphatic rings. The van der Waals surface area contributed by atoms with E-state index in [1.165, 1.54) is 0 Å². The van der Waals surface area contributed by atoms with Gasteiger partial charge in [-0.05, 0) is 23.6 Å². The molecule has 0 fully saturated rings. The highest BCUT2D eigenvalue weighted by molar-refractivity contribution is 5.99. The zero-order valence-electron chi connectivity index (χ0n) is 8.75. The predicted molar refractivity (Wildman–Crippen MR) is 59.4 cm³/mol. The summed E-state index contributed by atoms with van der Waals surface area (Å²) in [5.74, 6) is 4.83. The number of nitrogens with two attached hydrogens (primary N) is 1. The lowest BCUT2D eigenvalue weighted by Crippen LogP contribution is -2.30. The molecule has 5 heteroatoms. The van der Waals surface area contributed by atoms with Crippen molar-refractivity contribution in [2.24, 2.45) is 5.84 Å². The van der Waals surface area contributed by atoms with E-state index in [0.29, 0.717) is 19.3 Å². The van der Waals surface area contributed by atoms with Gasteiger partial charge in [0, 0.05) is 12.1 Å². The molecule has 0 radical (unpaired) electrons. The summed E-state index contributed by atoms with van der Waals surface area (Å²) in [6.07, 6.45) is 1.41. The molecule has 0 aliphatic carbocycles. The lowest BCUT2D eigenvalue weighted by atomic mass is 10.0. The van der Waals surface area contributed by atoms with Gasteiger partial charge in [0.1, 0.15) is 0 Å². The average Bonchev–Trinajstić information content (AvgIpc) is 2.65. The second kappa shape index (κ2) is 4.32. The van der Waals surface area contributed by atoms with E-state index in [1.54, 1.807) is 0 Å². The molecule has 2 rings (SSSR count). The largest absolute Gasteiger partial charge is 0.326 e. The molecule has 2 amide bonds. The zero-order chi connectivity index (χ0) is 11.5. The minimum atomic E-state index is -0.185. The minimum Gasteiger partial charge on any atom is -0.326 e. The number of amides is 2. The molecule has 0 saturated carbocycles. The maximum absolute atomic E-state index is 11.1. The molecule has 16 heavy (non-hydrogen) atoms. The first-order valence-electron chi connectivity index (χ1n) is 5.10. The number of hydrogen-bond acceptors (Lipinski definition) is 3. The van der Waals surface area contributed by atoms with Crippen LogP contribution in [0, 0.1) is 0 Å². The fraction of sp³-hybridized carbons (Fsp3) is 0.273. The van der Waals surface area contributed by atoms with Crippen LogP contribution < -0.4 is 16.6 Å². The van der Waals surface area contributed by atoms with Gasteiger partial charge in [0.25, 0.3) is 0 Å². The lowest BCUT2D eigenvalue weighted by molar-refractivity contribution is -0.121. The summed E-state index contributed by atoms with van der Waals surface area (Å²) in [5, 5.41) is 2.76. The van der Waals surface area contributed by atoms with Gasteiger partial charge in [-0.3, -0.25) is 15.0 Å². The van der Waals surface area contributed by atoms with Gasteiger partial charge in [0.2, 0.25) is 11.8 Å². The molecule has 0 bridgehead atoms. The number of benzene rings is 1. The number of hydrazine groups is 1. The van der Waals surface area contributed by atoms with Gasteiger partial charge < -0.3 is 5.32 Å². The number of nitrogens with one attached hydrogen (secondary N) is 2. The highest BCUT2D eigenvalue weighted by Gasteiger charge is 2.17. The van der Waals surface area contributed by atoms with Crippen molar-refractivity contribution >= 4 is 17.5 Å². The molecule has 1 aromatic carbocycles. The van der Waals surface area contributed by atoms with Crippen LogP contribution in [0.1, 0.15) is 17.5 Å². The number of hydrogen-bond donors (Lipinski definition) is 3. The number of rotatable bonds is 3. The van der Waals surface area contributed by atoms with Gasteiger partial charge in [-0.2, -0.15) is 0 Å². The highest BCUT2D eigenvalue weighted by atomic mass is 16.2. The van der Waals surface area contributed by atoms with Crippen LogP contribution in [-0.4, -0.2) is 11.8 Å². The van der Waals surface area contributed by atoms with E-state index in [-0.39, 0.29) is 11.8 Å². The monoisotopic (exact) mass is 219 g/mol. The molecule has 0 aromatic heterocycles. The summed E-state index contributed by atoms with van der Waals surface area (Å²) in [5.41, 5.74) is 5.00. The number of carbonyl (C=O) groups excluding carboxylic acids is 2. The molecule has 0 saturated heterocycles. The van der Waals surface area contributed by atoms with Crippen molar-refractivity contribution in [3.63, 3.8) is 0 Å². The molecular formula is C11H13N3O2. The van der Waals surface area contributed by atoms with Crippen molar-refractivity contribution in [2.75, 3.05) is 5.32 Å². The Hall–Kier alpha value is -1.88. The second-order valence-electron chi connectivity index (χ2n) is 3.78. The predicted octanol–water partition coefficient (Wildman–Crippen LogP) is 0.104. The summed E-state index contributed by atoms with van der Waals surface area (Å²) in [4.78, 5) is 22.1. The van der Waals surface area contributed by atoms with E-state index >= 15 is 0 Å². The van der Waals surface area contributed by atoms with Gasteiger partial charge in [0.05, 0.1) is 6.42 Å². The third-order valence-corrected chi connectivity index (χ3v) is 2.60. The molecule has 1 aliphatic heterocycles. The van der Waals surface area contributed by atoms with Crippen LogP contribution in [0.25, 0.3) is 0 Å². The Labute approximate surface area is 93.0 Å². The smallest absolute Gasteiger partial charge is 0.234 e. The van der Waals surface area contributed by atoms with E-state index < -0.39 is 0 Å². The van der Waals surface area contributed by atoms with Crippen molar-refractivity contribution in [3.05, 3.63) is 29.3 Å². The molecule has 1 heterocycles. The summed E-state index contributed by atoms with van der Waals surface area (Å²) in [7, 11) is 0. The maximum Gasteiger partial charge on any atom is 0.234 e. The fourth-order valence-corrected chi connectivity index (χ4v) is 1.77. The SMILES string of the molecule is NNC(=O)CCc1ccc2c(c1)CC(=O)N2. The maximum atomic E-state index is 11.1. The van der Waals surface area contributed by atoms with Crippen LogP contribution in [-0.2, 0) is 22.4 Å². The molecule has 0 unspecified atom stereocenters. The van der Waals surface area contributed by atoms with Crippen LogP contribution in [0.2, 0.25) is 0 Å². The van der Waals surface area contributed by atoms with Crippen molar-refractivity contribution in [3.8, 4) is 0 Å². The summed E-state index contributed by atoms with van der Waals surface area (Å²) in [6.45, 7) is 0. The normalized spacial score (nSPS) is 13.2. The molecule has 0 spiro atoms. The summed E-state index contributed by atoms with van der Waals surface area (Å²) in [6, 6.07) is 5.74. The van der Waals surface area contributed by atoms with Gasteiger partial charge in [-0.25, -0.2) is 5.84 Å². The first kappa shape index (κ1) is 10.6. The Balaban J connectivity index is 2.05. The van der Waals surface area contributed by atoms with E-state index in [4.69, 9.17) is 5.84 Å². The number of fused-ring (bicyclic) bond motifs is 1. The van der Waals surface area contributed by atoms with E-state index in [2.05, 4.69) is 10.7 Å². The fourth-order valence-electron chi connectivity index (χ4n) is 1.77. The van der Waals surface area contributed by atoms with Crippen LogP contribution in [0.15, 0.2) is 18.2 Å². The molecule has 0 atom stereocenters. The second-order valence-corrected chi connectivity index (χ2v) is 3.78. The standard InChI is InChI=1S/C11H13N3O2/c12-14-10(15)4-2-7-1-3-9-8(5-7)6-11(16)13-9/h1,3,5H,2,4,6,12H2,(H,13,16)(H,14,15). The Morgan fingerprint density at radius 3 is 3.06 bits per heavy atom. The quantitative estimate of drug-likeness (QED) is 0.383. The van der Waals surface area contributed by atoms with E-state index in [1.807, 2.05) is 18.2 Å². The van der Waals surface area contributed by atoms with Gasteiger partial charge in [0.15, 0.2) is 0 Å². The number of carbonyl (C=O) groups is 2. The summed E-state index contributed by atoms with van der Waals surface area (Å²) < 4.78 is 0. The van der Waals surface area contributed by atoms with Crippen LogP contribution in [0.4, 0.5) is 5.69 Å². The van der Waals surface area contributed by atoms with Crippen LogP contribution in [0.3, 0.4) is 0 Å². The Bertz CT molecular complexity index is 443. The van der Waals surface area contributed by atoms with E-state index in [0.717, 1.165) is 16.8 Å². The Morgan fingerprint density at radius 1 is 1.50 bits per heavy atom. The molecule has 84 valence electrons. The molecule has 4 N–H and O–H groups in total. The van der Waals surface area contributed by atoms with Gasteiger partial charge in [-0.1, -0.05) is 12.1 Å². The first-order chi connectivity index (χ1) is 7.69. The Morgan fingerprint density at radius 2 is 2.31 bits per heavy atom. The molecule has 1 aromatic rings. The van der Waals surface area contributed by atoms with Crippen molar-refractivity contribution < 1.29 is 9.59 Å². The van der Waals surface area contributed by atoms with Crippen molar-refractivity contribution in [1.82, 2.24) is 5.43 Å². The summed E-state index contributed by atoms with van der Waals surface area (Å²) >= 11 is 0. The van der Waals surface area contributed by atoms with Gasteiger partial charge >= 0.3 is 0 Å². The first-order valence-corrected chi connectivity index (χ1v) is 5.10.